The van der Waals surface area contributed by atoms with Crippen LogP contribution in [0.15, 0.2) is 29.0 Å². The van der Waals surface area contributed by atoms with Gasteiger partial charge in [-0.2, -0.15) is 10.2 Å². The molecule has 1 atom stereocenters. The number of nitriles is 1. The van der Waals surface area contributed by atoms with Crippen molar-refractivity contribution in [3.8, 4) is 17.5 Å². The molecule has 1 unspecified atom stereocenters. The SMILES string of the molecule is C[N+](C)(CCNc1nc(-c2cccnc2)no1)CC(=O)N1CCCC1C#N. The molecule has 0 aromatic carbocycles. The van der Waals surface area contributed by atoms with Crippen LogP contribution >= 0.6 is 0 Å². The van der Waals surface area contributed by atoms with Gasteiger partial charge in [0.1, 0.15) is 6.04 Å². The number of quaternary nitrogens is 1. The van der Waals surface area contributed by atoms with Crippen LogP contribution in [-0.2, 0) is 4.79 Å². The maximum absolute atomic E-state index is 12.5. The maximum atomic E-state index is 12.5. The van der Waals surface area contributed by atoms with E-state index in [1.54, 1.807) is 17.3 Å². The molecule has 3 heterocycles. The number of anilines is 1. The Morgan fingerprint density at radius 2 is 2.37 bits per heavy atom. The Morgan fingerprint density at radius 3 is 3.11 bits per heavy atom. The number of amides is 1. The van der Waals surface area contributed by atoms with Crippen LogP contribution in [0.1, 0.15) is 12.8 Å². The van der Waals surface area contributed by atoms with Crippen LogP contribution in [0.5, 0.6) is 0 Å². The summed E-state index contributed by atoms with van der Waals surface area (Å²) in [6.07, 6.45) is 5.03. The minimum Gasteiger partial charge on any atom is -0.332 e. The fourth-order valence-electron chi connectivity index (χ4n) is 3.11. The third kappa shape index (κ3) is 4.80. The summed E-state index contributed by atoms with van der Waals surface area (Å²) >= 11 is 0. The summed E-state index contributed by atoms with van der Waals surface area (Å²) in [6.45, 7) is 2.30. The van der Waals surface area contributed by atoms with Gasteiger partial charge in [0.25, 0.3) is 5.91 Å². The lowest BCUT2D eigenvalue weighted by Gasteiger charge is -2.31. The molecule has 1 fully saturated rings. The average molecular weight is 370 g/mol. The molecule has 1 aliphatic rings. The summed E-state index contributed by atoms with van der Waals surface area (Å²) in [6, 6.07) is 5.95. The van der Waals surface area contributed by atoms with Crippen LogP contribution in [0.4, 0.5) is 6.01 Å². The Labute approximate surface area is 158 Å². The second kappa shape index (κ2) is 8.14. The van der Waals surface area contributed by atoms with Crippen molar-refractivity contribution in [2.45, 2.75) is 18.9 Å². The lowest BCUT2D eigenvalue weighted by Crippen LogP contribution is -2.51. The Kier molecular flexibility index (Phi) is 5.66. The van der Waals surface area contributed by atoms with Gasteiger partial charge in [-0.15, -0.1) is 0 Å². The number of rotatable bonds is 7. The molecule has 0 bridgehead atoms. The number of nitrogens with zero attached hydrogens (tertiary/aromatic N) is 6. The molecule has 1 aliphatic heterocycles. The highest BCUT2D eigenvalue weighted by Crippen LogP contribution is 2.18. The van der Waals surface area contributed by atoms with Crippen molar-refractivity contribution in [2.75, 3.05) is 45.6 Å². The Bertz CT molecular complexity index is 813. The number of pyridine rings is 1. The summed E-state index contributed by atoms with van der Waals surface area (Å²) in [5.74, 6) is 0.506. The second-order valence-corrected chi connectivity index (χ2v) is 7.28. The van der Waals surface area contributed by atoms with Crippen molar-refractivity contribution in [1.29, 1.82) is 5.26 Å². The van der Waals surface area contributed by atoms with Gasteiger partial charge in [0.2, 0.25) is 5.82 Å². The predicted octanol–water partition coefficient (Wildman–Crippen LogP) is 1.13. The van der Waals surface area contributed by atoms with Gasteiger partial charge in [-0.1, -0.05) is 5.16 Å². The molecular weight excluding hydrogens is 346 g/mol. The molecule has 9 heteroatoms. The molecule has 9 nitrogen and oxygen atoms in total. The van der Waals surface area contributed by atoms with E-state index in [4.69, 9.17) is 9.78 Å². The van der Waals surface area contributed by atoms with Gasteiger partial charge in [-0.25, -0.2) is 0 Å². The van der Waals surface area contributed by atoms with E-state index in [9.17, 15) is 4.79 Å². The first kappa shape index (κ1) is 18.8. The number of likely N-dealkylation sites (tertiary alicyclic amines) is 1. The van der Waals surface area contributed by atoms with E-state index in [-0.39, 0.29) is 11.9 Å². The monoisotopic (exact) mass is 370 g/mol. The van der Waals surface area contributed by atoms with E-state index in [2.05, 4.69) is 26.5 Å². The topological polar surface area (TPSA) is 108 Å². The number of hydrogen-bond donors (Lipinski definition) is 1. The number of hydrogen-bond acceptors (Lipinski definition) is 7. The maximum Gasteiger partial charge on any atom is 0.322 e. The van der Waals surface area contributed by atoms with Gasteiger partial charge >= 0.3 is 6.01 Å². The first-order valence-electron chi connectivity index (χ1n) is 8.97. The highest BCUT2D eigenvalue weighted by molar-refractivity contribution is 5.78. The van der Waals surface area contributed by atoms with E-state index in [0.717, 1.165) is 18.4 Å². The highest BCUT2D eigenvalue weighted by Gasteiger charge is 2.32. The van der Waals surface area contributed by atoms with E-state index in [0.29, 0.717) is 42.5 Å². The van der Waals surface area contributed by atoms with Gasteiger partial charge < -0.3 is 19.2 Å². The number of carbonyl (C=O) groups excluding carboxylic acids is 1. The molecule has 2 aromatic rings. The lowest BCUT2D eigenvalue weighted by molar-refractivity contribution is -0.881. The molecule has 27 heavy (non-hydrogen) atoms. The van der Waals surface area contributed by atoms with Crippen molar-refractivity contribution < 1.29 is 13.8 Å². The summed E-state index contributed by atoms with van der Waals surface area (Å²) in [5, 5.41) is 16.2. The van der Waals surface area contributed by atoms with Crippen LogP contribution in [0, 0.1) is 11.3 Å². The number of likely N-dealkylation sites (N-methyl/N-ethyl adjacent to an activating group) is 1. The molecule has 0 saturated carbocycles. The first-order chi connectivity index (χ1) is 13.0. The van der Waals surface area contributed by atoms with Crippen LogP contribution in [-0.4, -0.2) is 76.7 Å². The molecule has 142 valence electrons. The summed E-state index contributed by atoms with van der Waals surface area (Å²) < 4.78 is 5.71. The van der Waals surface area contributed by atoms with Crippen molar-refractivity contribution in [1.82, 2.24) is 20.0 Å². The molecule has 1 N–H and O–H groups in total. The fraction of sp³-hybridized carbons (Fsp3) is 0.500. The molecule has 2 aromatic heterocycles. The Balaban J connectivity index is 1.49. The molecule has 1 amide bonds. The van der Waals surface area contributed by atoms with Crippen molar-refractivity contribution in [3.05, 3.63) is 24.5 Å². The Hall–Kier alpha value is -2.99. The standard InChI is InChI=1S/C18H24N7O2/c1-25(2,13-16(26)24-9-4-6-15(24)11-19)10-8-21-18-22-17(23-27-18)14-5-3-7-20-12-14/h3,5,7,12,15H,4,6,8-10,13H2,1-2H3,(H,21,22,23)/q+1. The Morgan fingerprint density at radius 1 is 1.52 bits per heavy atom. The molecule has 3 rings (SSSR count). The normalized spacial score (nSPS) is 16.9. The largest absolute Gasteiger partial charge is 0.332 e. The summed E-state index contributed by atoms with van der Waals surface area (Å²) in [7, 11) is 3.98. The minimum atomic E-state index is -0.278. The second-order valence-electron chi connectivity index (χ2n) is 7.28. The first-order valence-corrected chi connectivity index (χ1v) is 8.97. The third-order valence-electron chi connectivity index (χ3n) is 4.62. The minimum absolute atomic E-state index is 0.0284. The molecule has 0 spiro atoms. The van der Waals surface area contributed by atoms with Gasteiger partial charge in [0.15, 0.2) is 6.54 Å². The molecule has 0 radical (unpaired) electrons. The zero-order valence-corrected chi connectivity index (χ0v) is 15.6. The molecular formula is C18H24N7O2+. The van der Waals surface area contributed by atoms with E-state index in [1.165, 1.54) is 0 Å². The van der Waals surface area contributed by atoms with Crippen molar-refractivity contribution in [2.24, 2.45) is 0 Å². The smallest absolute Gasteiger partial charge is 0.322 e. The predicted molar refractivity (Wildman–Crippen MR) is 98.2 cm³/mol. The molecule has 1 saturated heterocycles. The number of nitrogens with one attached hydrogen (secondary N) is 1. The third-order valence-corrected chi connectivity index (χ3v) is 4.62. The zero-order valence-electron chi connectivity index (χ0n) is 15.6. The highest BCUT2D eigenvalue weighted by atomic mass is 16.5. The summed E-state index contributed by atoms with van der Waals surface area (Å²) in [5.41, 5.74) is 0.786. The number of aromatic nitrogens is 3. The van der Waals surface area contributed by atoms with Gasteiger partial charge in [0.05, 0.1) is 33.3 Å². The zero-order chi connectivity index (χ0) is 19.3. The van der Waals surface area contributed by atoms with Crippen LogP contribution < -0.4 is 5.32 Å². The fourth-order valence-corrected chi connectivity index (χ4v) is 3.11. The van der Waals surface area contributed by atoms with Crippen LogP contribution in [0.3, 0.4) is 0 Å². The molecule has 0 aliphatic carbocycles. The van der Waals surface area contributed by atoms with Crippen LogP contribution in [0.25, 0.3) is 11.4 Å². The van der Waals surface area contributed by atoms with Gasteiger partial charge in [-0.3, -0.25) is 9.78 Å². The van der Waals surface area contributed by atoms with Crippen molar-refractivity contribution >= 4 is 11.9 Å². The van der Waals surface area contributed by atoms with E-state index < -0.39 is 0 Å². The van der Waals surface area contributed by atoms with Gasteiger partial charge in [-0.05, 0) is 25.0 Å². The van der Waals surface area contributed by atoms with Crippen molar-refractivity contribution in [3.63, 3.8) is 0 Å². The average Bonchev–Trinajstić information content (AvgIpc) is 3.31. The number of carbonyl (C=O) groups is 1. The van der Waals surface area contributed by atoms with Crippen LogP contribution in [0.2, 0.25) is 0 Å². The summed E-state index contributed by atoms with van der Waals surface area (Å²) in [4.78, 5) is 22.5. The van der Waals surface area contributed by atoms with Gasteiger partial charge in [0, 0.05) is 24.5 Å². The quantitative estimate of drug-likeness (QED) is 0.728. The van der Waals surface area contributed by atoms with E-state index in [1.807, 2.05) is 26.2 Å². The van der Waals surface area contributed by atoms with E-state index >= 15 is 0 Å². The lowest BCUT2D eigenvalue weighted by atomic mass is 10.2.